The second kappa shape index (κ2) is 4.57. The number of hydrogen-bond acceptors (Lipinski definition) is 2. The average molecular weight is 232 g/mol. The van der Waals surface area contributed by atoms with Crippen molar-refractivity contribution in [3.63, 3.8) is 0 Å². The van der Waals surface area contributed by atoms with Crippen molar-refractivity contribution < 1.29 is 9.59 Å². The summed E-state index contributed by atoms with van der Waals surface area (Å²) in [6.45, 7) is 3.99. The van der Waals surface area contributed by atoms with Gasteiger partial charge in [-0.15, -0.1) is 0 Å². The lowest BCUT2D eigenvalue weighted by Crippen LogP contribution is -2.58. The Balaban J connectivity index is 2.27. The van der Waals surface area contributed by atoms with Crippen molar-refractivity contribution in [3.8, 4) is 0 Å². The van der Waals surface area contributed by atoms with Gasteiger partial charge in [0.15, 0.2) is 0 Å². The van der Waals surface area contributed by atoms with Crippen molar-refractivity contribution >= 4 is 17.5 Å². The molecule has 0 saturated carbocycles. The highest BCUT2D eigenvalue weighted by molar-refractivity contribution is 6.06. The van der Waals surface area contributed by atoms with Crippen LogP contribution in [0.1, 0.15) is 18.9 Å². The first-order valence-electron chi connectivity index (χ1n) is 5.79. The maximum Gasteiger partial charge on any atom is 0.250 e. The Bertz CT molecular complexity index is 439. The van der Waals surface area contributed by atoms with Gasteiger partial charge in [0.05, 0.1) is 0 Å². The van der Waals surface area contributed by atoms with E-state index in [4.69, 9.17) is 0 Å². The van der Waals surface area contributed by atoms with E-state index in [9.17, 15) is 9.59 Å². The van der Waals surface area contributed by atoms with Gasteiger partial charge in [0, 0.05) is 5.69 Å². The molecule has 0 spiro atoms. The summed E-state index contributed by atoms with van der Waals surface area (Å²) in [5, 5.41) is 2.70. The predicted octanol–water partition coefficient (Wildman–Crippen LogP) is 1.24. The molecule has 1 unspecified atom stereocenters. The average Bonchev–Trinajstić information content (AvgIpc) is 2.33. The van der Waals surface area contributed by atoms with Gasteiger partial charge in [-0.25, -0.2) is 0 Å². The van der Waals surface area contributed by atoms with Gasteiger partial charge in [-0.3, -0.25) is 9.59 Å². The molecule has 2 amide bonds. The van der Waals surface area contributed by atoms with E-state index in [-0.39, 0.29) is 18.4 Å². The van der Waals surface area contributed by atoms with Crippen molar-refractivity contribution in [3.05, 3.63) is 29.8 Å². The van der Waals surface area contributed by atoms with Crippen LogP contribution in [-0.4, -0.2) is 24.4 Å². The first-order valence-corrected chi connectivity index (χ1v) is 5.79. The zero-order chi connectivity index (χ0) is 12.4. The topological polar surface area (TPSA) is 49.4 Å². The number of nitrogens with one attached hydrogen (secondary N) is 1. The molecule has 90 valence electrons. The largest absolute Gasteiger partial charge is 0.343 e. The summed E-state index contributed by atoms with van der Waals surface area (Å²) in [7, 11) is 0. The van der Waals surface area contributed by atoms with E-state index < -0.39 is 6.04 Å². The summed E-state index contributed by atoms with van der Waals surface area (Å²) >= 11 is 0. The molecule has 1 aromatic carbocycles. The molecule has 17 heavy (non-hydrogen) atoms. The molecule has 0 aliphatic carbocycles. The summed E-state index contributed by atoms with van der Waals surface area (Å²) in [5.74, 6) is -0.132. The highest BCUT2D eigenvalue weighted by Crippen LogP contribution is 2.18. The number of benzene rings is 1. The van der Waals surface area contributed by atoms with Crippen molar-refractivity contribution in [2.45, 2.75) is 26.3 Å². The number of carbonyl (C=O) groups is 2. The molecule has 1 aliphatic rings. The Labute approximate surface area is 101 Å². The molecule has 4 nitrogen and oxygen atoms in total. The Kier molecular flexibility index (Phi) is 3.13. The molecule has 1 aliphatic heterocycles. The van der Waals surface area contributed by atoms with Gasteiger partial charge in [0.2, 0.25) is 11.8 Å². The normalized spacial score (nSPS) is 20.4. The number of hydrogen-bond donors (Lipinski definition) is 1. The van der Waals surface area contributed by atoms with Crippen molar-refractivity contribution in [1.82, 2.24) is 5.32 Å². The van der Waals surface area contributed by atoms with Crippen LogP contribution >= 0.6 is 0 Å². The maximum absolute atomic E-state index is 12.1. The van der Waals surface area contributed by atoms with E-state index in [2.05, 4.69) is 5.32 Å². The van der Waals surface area contributed by atoms with Crippen LogP contribution in [0.15, 0.2) is 24.3 Å². The second-order valence-electron chi connectivity index (χ2n) is 4.29. The van der Waals surface area contributed by atoms with Crippen LogP contribution in [0.3, 0.4) is 0 Å². The molecule has 1 fully saturated rings. The summed E-state index contributed by atoms with van der Waals surface area (Å²) in [5.41, 5.74) is 1.92. The summed E-state index contributed by atoms with van der Waals surface area (Å²) in [6, 6.07) is 7.24. The van der Waals surface area contributed by atoms with Gasteiger partial charge in [-0.05, 0) is 25.5 Å². The minimum atomic E-state index is -0.391. The maximum atomic E-state index is 12.1. The van der Waals surface area contributed by atoms with E-state index in [0.29, 0.717) is 6.42 Å². The predicted molar refractivity (Wildman–Crippen MR) is 65.8 cm³/mol. The SMILES string of the molecule is CCC1NC(=O)CN(c2ccc(C)cc2)C1=O. The minimum absolute atomic E-state index is 0.0315. The van der Waals surface area contributed by atoms with Crippen LogP contribution in [-0.2, 0) is 9.59 Å². The second-order valence-corrected chi connectivity index (χ2v) is 4.29. The van der Waals surface area contributed by atoms with Gasteiger partial charge in [0.1, 0.15) is 12.6 Å². The molecule has 1 heterocycles. The molecular formula is C13H16N2O2. The van der Waals surface area contributed by atoms with Crippen LogP contribution in [0.2, 0.25) is 0 Å². The third-order valence-corrected chi connectivity index (χ3v) is 2.95. The van der Waals surface area contributed by atoms with Gasteiger partial charge < -0.3 is 10.2 Å². The summed E-state index contributed by atoms with van der Waals surface area (Å²) in [6.07, 6.45) is 0.618. The molecule has 4 heteroatoms. The Morgan fingerprint density at radius 3 is 2.53 bits per heavy atom. The van der Waals surface area contributed by atoms with Crippen LogP contribution in [0.25, 0.3) is 0 Å². The number of rotatable bonds is 2. The number of aryl methyl sites for hydroxylation is 1. The standard InChI is InChI=1S/C13H16N2O2/c1-3-11-13(17)15(8-12(16)14-11)10-6-4-9(2)5-7-10/h4-7,11H,3,8H2,1-2H3,(H,14,16). The zero-order valence-electron chi connectivity index (χ0n) is 10.1. The van der Waals surface area contributed by atoms with Crippen molar-refractivity contribution in [2.75, 3.05) is 11.4 Å². The number of piperazine rings is 1. The van der Waals surface area contributed by atoms with E-state index in [1.54, 1.807) is 4.90 Å². The molecule has 1 N–H and O–H groups in total. The monoisotopic (exact) mass is 232 g/mol. The van der Waals surface area contributed by atoms with Crippen molar-refractivity contribution in [1.29, 1.82) is 0 Å². The lowest BCUT2D eigenvalue weighted by atomic mass is 10.1. The fourth-order valence-corrected chi connectivity index (χ4v) is 1.93. The first-order chi connectivity index (χ1) is 8.11. The van der Waals surface area contributed by atoms with Crippen molar-refractivity contribution in [2.24, 2.45) is 0 Å². The minimum Gasteiger partial charge on any atom is -0.343 e. The quantitative estimate of drug-likeness (QED) is 0.834. The van der Waals surface area contributed by atoms with E-state index in [1.165, 1.54) is 0 Å². The molecule has 1 aromatic rings. The highest BCUT2D eigenvalue weighted by Gasteiger charge is 2.32. The fraction of sp³-hybridized carbons (Fsp3) is 0.385. The van der Waals surface area contributed by atoms with E-state index in [1.807, 2.05) is 38.1 Å². The highest BCUT2D eigenvalue weighted by atomic mass is 16.2. The van der Waals surface area contributed by atoms with Crippen LogP contribution in [0.5, 0.6) is 0 Å². The lowest BCUT2D eigenvalue weighted by molar-refractivity contribution is -0.131. The molecule has 0 radical (unpaired) electrons. The summed E-state index contributed by atoms with van der Waals surface area (Å²) in [4.78, 5) is 25.2. The molecule has 1 atom stereocenters. The van der Waals surface area contributed by atoms with Crippen LogP contribution < -0.4 is 10.2 Å². The molecular weight excluding hydrogens is 216 g/mol. The molecule has 2 rings (SSSR count). The van der Waals surface area contributed by atoms with Gasteiger partial charge in [0.25, 0.3) is 0 Å². The third kappa shape index (κ3) is 2.30. The molecule has 0 bridgehead atoms. The Morgan fingerprint density at radius 1 is 1.29 bits per heavy atom. The first kappa shape index (κ1) is 11.6. The number of amides is 2. The van der Waals surface area contributed by atoms with Crippen LogP contribution in [0.4, 0.5) is 5.69 Å². The van der Waals surface area contributed by atoms with Gasteiger partial charge in [-0.1, -0.05) is 24.6 Å². The molecule has 0 aromatic heterocycles. The van der Waals surface area contributed by atoms with Gasteiger partial charge in [-0.2, -0.15) is 0 Å². The summed E-state index contributed by atoms with van der Waals surface area (Å²) < 4.78 is 0. The fourth-order valence-electron chi connectivity index (χ4n) is 1.93. The molecule has 1 saturated heterocycles. The number of nitrogens with zero attached hydrogens (tertiary/aromatic N) is 1. The lowest BCUT2D eigenvalue weighted by Gasteiger charge is -2.32. The number of carbonyl (C=O) groups excluding carboxylic acids is 2. The Morgan fingerprint density at radius 2 is 1.94 bits per heavy atom. The van der Waals surface area contributed by atoms with Gasteiger partial charge >= 0.3 is 0 Å². The third-order valence-electron chi connectivity index (χ3n) is 2.95. The van der Waals surface area contributed by atoms with Crippen LogP contribution in [0, 0.1) is 6.92 Å². The zero-order valence-corrected chi connectivity index (χ0v) is 10.1. The Hall–Kier alpha value is -1.84. The smallest absolute Gasteiger partial charge is 0.250 e. The van der Waals surface area contributed by atoms with E-state index in [0.717, 1.165) is 11.3 Å². The van der Waals surface area contributed by atoms with E-state index >= 15 is 0 Å². The number of anilines is 1.